The molecule has 0 spiro atoms. The number of nitrogens with one attached hydrogen (secondary N) is 1. The fraction of sp³-hybridized carbons (Fsp3) is 0.800. The number of carbonyl (C=O) groups is 1. The Labute approximate surface area is 55.2 Å². The van der Waals surface area contributed by atoms with E-state index in [0.29, 0.717) is 6.54 Å². The lowest BCUT2D eigenvalue weighted by Crippen LogP contribution is -2.37. The molecule has 0 aromatic rings. The van der Waals surface area contributed by atoms with Crippen molar-refractivity contribution in [1.82, 2.24) is 15.8 Å². The Morgan fingerprint density at radius 2 is 2.22 bits per heavy atom. The van der Waals surface area contributed by atoms with E-state index in [2.05, 4.69) is 10.7 Å². The summed E-state index contributed by atoms with van der Waals surface area (Å²) < 4.78 is 0. The third-order valence-corrected chi connectivity index (χ3v) is 0.619. The van der Waals surface area contributed by atoms with E-state index in [4.69, 9.17) is 0 Å². The van der Waals surface area contributed by atoms with E-state index in [-0.39, 0.29) is 6.03 Å². The summed E-state index contributed by atoms with van der Waals surface area (Å²) in [5.74, 6) is 0. The molecule has 0 unspecified atom stereocenters. The van der Waals surface area contributed by atoms with Crippen LogP contribution >= 0.6 is 0 Å². The van der Waals surface area contributed by atoms with E-state index in [1.165, 1.54) is 5.01 Å². The Bertz CT molecular complexity index is 92.2. The number of hydrogen-bond donors (Lipinski definition) is 1. The monoisotopic (exact) mass is 130 g/mol. The van der Waals surface area contributed by atoms with Gasteiger partial charge in [0, 0.05) is 20.6 Å². The summed E-state index contributed by atoms with van der Waals surface area (Å²) >= 11 is 0. The first-order valence-electron chi connectivity index (χ1n) is 2.83. The van der Waals surface area contributed by atoms with Crippen LogP contribution < -0.4 is 10.7 Å². The zero-order valence-corrected chi connectivity index (χ0v) is 6.01. The van der Waals surface area contributed by atoms with Gasteiger partial charge in [-0.3, -0.25) is 0 Å². The predicted octanol–water partition coefficient (Wildman–Crippen LogP) is -0.203. The van der Waals surface area contributed by atoms with Crippen molar-refractivity contribution < 1.29 is 4.79 Å². The van der Waals surface area contributed by atoms with E-state index in [1.54, 1.807) is 14.1 Å². The summed E-state index contributed by atoms with van der Waals surface area (Å²) in [5.41, 5.74) is 3.55. The van der Waals surface area contributed by atoms with Crippen molar-refractivity contribution in [3.63, 3.8) is 0 Å². The molecule has 0 bridgehead atoms. The van der Waals surface area contributed by atoms with Crippen molar-refractivity contribution in [1.29, 1.82) is 0 Å². The highest BCUT2D eigenvalue weighted by atomic mass is 16.2. The van der Waals surface area contributed by atoms with Gasteiger partial charge in [-0.1, -0.05) is 0 Å². The zero-order chi connectivity index (χ0) is 7.28. The molecule has 53 valence electrons. The van der Waals surface area contributed by atoms with E-state index < -0.39 is 0 Å². The average Bonchev–Trinajstić information content (AvgIpc) is 1.63. The standard InChI is InChI=1S/C5H12N3O/c1-4-6-5(9)7-8(2)3/h4H2,1-3H3,(H,6,9). The molecular formula is C5H12N3O. The Kier molecular flexibility index (Phi) is 3.79. The lowest BCUT2D eigenvalue weighted by molar-refractivity contribution is 0.210. The van der Waals surface area contributed by atoms with Crippen LogP contribution in [-0.2, 0) is 0 Å². The maximum Gasteiger partial charge on any atom is 0.352 e. The van der Waals surface area contributed by atoms with Crippen LogP contribution in [-0.4, -0.2) is 31.7 Å². The summed E-state index contributed by atoms with van der Waals surface area (Å²) in [6.07, 6.45) is 0. The topological polar surface area (TPSA) is 46.4 Å². The van der Waals surface area contributed by atoms with Gasteiger partial charge in [0.2, 0.25) is 0 Å². The highest BCUT2D eigenvalue weighted by molar-refractivity contribution is 5.72. The maximum atomic E-state index is 10.5. The van der Waals surface area contributed by atoms with Gasteiger partial charge < -0.3 is 5.32 Å². The average molecular weight is 130 g/mol. The number of carbonyl (C=O) groups excluding carboxylic acids is 1. The second-order valence-electron chi connectivity index (χ2n) is 1.78. The highest BCUT2D eigenvalue weighted by Crippen LogP contribution is 1.69. The van der Waals surface area contributed by atoms with Gasteiger partial charge >= 0.3 is 6.03 Å². The van der Waals surface area contributed by atoms with E-state index >= 15 is 0 Å². The minimum atomic E-state index is -0.289. The molecule has 0 saturated carbocycles. The molecule has 0 aliphatic carbocycles. The molecular weight excluding hydrogens is 118 g/mol. The smallest absolute Gasteiger partial charge is 0.336 e. The molecule has 0 aliphatic rings. The van der Waals surface area contributed by atoms with Crippen LogP contribution in [0.3, 0.4) is 0 Å². The number of amides is 2. The van der Waals surface area contributed by atoms with Gasteiger partial charge in [0.15, 0.2) is 0 Å². The zero-order valence-electron chi connectivity index (χ0n) is 6.01. The van der Waals surface area contributed by atoms with Crippen molar-refractivity contribution in [3.8, 4) is 0 Å². The van der Waals surface area contributed by atoms with Gasteiger partial charge in [-0.05, 0) is 6.92 Å². The molecule has 4 heteroatoms. The largest absolute Gasteiger partial charge is 0.352 e. The molecule has 0 atom stereocenters. The molecule has 0 fully saturated rings. The molecule has 0 heterocycles. The van der Waals surface area contributed by atoms with Gasteiger partial charge in [0.25, 0.3) is 0 Å². The van der Waals surface area contributed by atoms with Crippen LogP contribution in [0.4, 0.5) is 4.79 Å². The molecule has 0 saturated heterocycles. The normalized spacial score (nSPS) is 9.33. The van der Waals surface area contributed by atoms with Crippen molar-refractivity contribution in [2.24, 2.45) is 0 Å². The molecule has 0 aromatic heterocycles. The van der Waals surface area contributed by atoms with Crippen LogP contribution in [0.25, 0.3) is 0 Å². The Morgan fingerprint density at radius 3 is 2.56 bits per heavy atom. The van der Waals surface area contributed by atoms with Crippen LogP contribution in [0.15, 0.2) is 0 Å². The number of hydrogen-bond acceptors (Lipinski definition) is 2. The van der Waals surface area contributed by atoms with Crippen molar-refractivity contribution >= 4 is 6.03 Å². The molecule has 1 radical (unpaired) electrons. The molecule has 1 N–H and O–H groups in total. The van der Waals surface area contributed by atoms with Crippen LogP contribution in [0, 0.1) is 0 Å². The number of nitrogens with zero attached hydrogens (tertiary/aromatic N) is 2. The van der Waals surface area contributed by atoms with Crippen LogP contribution in [0.5, 0.6) is 0 Å². The summed E-state index contributed by atoms with van der Waals surface area (Å²) in [7, 11) is 3.41. The Morgan fingerprint density at radius 1 is 1.67 bits per heavy atom. The van der Waals surface area contributed by atoms with Crippen molar-refractivity contribution in [2.75, 3.05) is 20.6 Å². The lowest BCUT2D eigenvalue weighted by atomic mass is 10.7. The first-order chi connectivity index (χ1) is 4.16. The van der Waals surface area contributed by atoms with Crippen molar-refractivity contribution in [2.45, 2.75) is 6.92 Å². The maximum absolute atomic E-state index is 10.5. The molecule has 9 heavy (non-hydrogen) atoms. The molecule has 0 aliphatic heterocycles. The lowest BCUT2D eigenvalue weighted by Gasteiger charge is -2.06. The van der Waals surface area contributed by atoms with E-state index in [0.717, 1.165) is 0 Å². The van der Waals surface area contributed by atoms with Gasteiger partial charge in [-0.2, -0.15) is 0 Å². The first kappa shape index (κ1) is 8.23. The summed E-state index contributed by atoms with van der Waals surface area (Å²) in [6.45, 7) is 2.47. The molecule has 0 rings (SSSR count). The van der Waals surface area contributed by atoms with Gasteiger partial charge in [0.05, 0.1) is 0 Å². The summed E-state index contributed by atoms with van der Waals surface area (Å²) in [4.78, 5) is 10.5. The first-order valence-corrected chi connectivity index (χ1v) is 2.83. The van der Waals surface area contributed by atoms with Gasteiger partial charge in [-0.25, -0.2) is 9.80 Å². The van der Waals surface area contributed by atoms with Gasteiger partial charge in [-0.15, -0.1) is 5.43 Å². The second-order valence-corrected chi connectivity index (χ2v) is 1.78. The van der Waals surface area contributed by atoms with Crippen LogP contribution in [0.1, 0.15) is 6.92 Å². The Hall–Kier alpha value is -0.770. The minimum Gasteiger partial charge on any atom is -0.336 e. The quantitative estimate of drug-likeness (QED) is 0.526. The number of rotatable bonds is 2. The molecule has 2 amide bonds. The highest BCUT2D eigenvalue weighted by Gasteiger charge is 1.98. The van der Waals surface area contributed by atoms with Crippen LogP contribution in [0.2, 0.25) is 0 Å². The minimum absolute atomic E-state index is 0.289. The number of urea groups is 1. The summed E-state index contributed by atoms with van der Waals surface area (Å²) in [5, 5.41) is 3.99. The SMILES string of the molecule is CCNC(=O)[N]N(C)C. The van der Waals surface area contributed by atoms with E-state index in [1.807, 2.05) is 6.92 Å². The van der Waals surface area contributed by atoms with Crippen molar-refractivity contribution in [3.05, 3.63) is 0 Å². The van der Waals surface area contributed by atoms with E-state index in [9.17, 15) is 4.79 Å². The fourth-order valence-corrected chi connectivity index (χ4v) is 0.368. The van der Waals surface area contributed by atoms with Gasteiger partial charge in [0.1, 0.15) is 0 Å². The fourth-order valence-electron chi connectivity index (χ4n) is 0.368. The third-order valence-electron chi connectivity index (χ3n) is 0.619. The molecule has 4 nitrogen and oxygen atoms in total. The molecule has 0 aromatic carbocycles. The second kappa shape index (κ2) is 4.14. The third kappa shape index (κ3) is 5.10. The predicted molar refractivity (Wildman–Crippen MR) is 34.9 cm³/mol. The summed E-state index contributed by atoms with van der Waals surface area (Å²) in [6, 6.07) is -0.289. The Balaban J connectivity index is 3.27.